The van der Waals surface area contributed by atoms with E-state index < -0.39 is 12.1 Å². The van der Waals surface area contributed by atoms with Crippen LogP contribution >= 0.6 is 15.9 Å². The van der Waals surface area contributed by atoms with Crippen LogP contribution in [0.3, 0.4) is 0 Å². The van der Waals surface area contributed by atoms with Crippen molar-refractivity contribution >= 4 is 32.7 Å². The van der Waals surface area contributed by atoms with Gasteiger partial charge in [-0.3, -0.25) is 0 Å². The van der Waals surface area contributed by atoms with Crippen LogP contribution in [-0.2, 0) is 4.79 Å². The Morgan fingerprint density at radius 3 is 2.50 bits per heavy atom. The predicted molar refractivity (Wildman–Crippen MR) is 98.6 cm³/mol. The molecule has 0 saturated carbocycles. The number of hydrogen-bond acceptors (Lipinski definition) is 3. The predicted octanol–water partition coefficient (Wildman–Crippen LogP) is 5.28. The first kappa shape index (κ1) is 16.5. The minimum absolute atomic E-state index is 0.423. The summed E-state index contributed by atoms with van der Waals surface area (Å²) in [4.78, 5) is 12.2. The molecule has 0 heterocycles. The number of fused-ring (bicyclic) bond motifs is 1. The van der Waals surface area contributed by atoms with Gasteiger partial charge in [-0.25, -0.2) is 4.79 Å². The van der Waals surface area contributed by atoms with Crippen molar-refractivity contribution in [1.29, 1.82) is 0 Å². The van der Waals surface area contributed by atoms with Gasteiger partial charge in [-0.05, 0) is 66.6 Å². The molecule has 0 aromatic heterocycles. The molecule has 0 amide bonds. The van der Waals surface area contributed by atoms with Gasteiger partial charge >= 0.3 is 5.97 Å². The molecular weight excluding hydrogens is 368 g/mol. The Labute approximate surface area is 149 Å². The molecule has 0 radical (unpaired) electrons. The Morgan fingerprint density at radius 1 is 0.958 bits per heavy atom. The molecule has 3 nitrogen and oxygen atoms in total. The Morgan fingerprint density at radius 2 is 1.71 bits per heavy atom. The zero-order valence-electron chi connectivity index (χ0n) is 13.5. The van der Waals surface area contributed by atoms with Gasteiger partial charge in [-0.1, -0.05) is 40.2 Å². The van der Waals surface area contributed by atoms with Crippen LogP contribution in [0.15, 0.2) is 65.1 Å². The molecule has 122 valence electrons. The van der Waals surface area contributed by atoms with E-state index in [1.807, 2.05) is 61.5 Å². The highest BCUT2D eigenvalue weighted by Crippen LogP contribution is 2.24. The maximum Gasteiger partial charge on any atom is 0.352 e. The van der Waals surface area contributed by atoms with Gasteiger partial charge in [0.05, 0.1) is 0 Å². The summed E-state index contributed by atoms with van der Waals surface area (Å²) in [7, 11) is 0. The average Bonchev–Trinajstić information content (AvgIpc) is 2.55. The van der Waals surface area contributed by atoms with Gasteiger partial charge in [0.2, 0.25) is 0 Å². The standard InChI is InChI=1S/C20H17BrO3/c1-13-4-3-5-18(10-13)23-14(2)20(22)24-19-9-7-15-11-17(21)8-6-16(15)12-19/h3-12,14H,1-2H3/t14-/m1/s1. The lowest BCUT2D eigenvalue weighted by molar-refractivity contribution is -0.141. The van der Waals surface area contributed by atoms with Crippen LogP contribution in [0.25, 0.3) is 10.8 Å². The van der Waals surface area contributed by atoms with Gasteiger partial charge in [-0.2, -0.15) is 0 Å². The molecule has 0 N–H and O–H groups in total. The number of ether oxygens (including phenoxy) is 2. The van der Waals surface area contributed by atoms with E-state index >= 15 is 0 Å². The summed E-state index contributed by atoms with van der Waals surface area (Å²) in [5.41, 5.74) is 1.08. The highest BCUT2D eigenvalue weighted by molar-refractivity contribution is 9.10. The number of halogens is 1. The van der Waals surface area contributed by atoms with Crippen molar-refractivity contribution in [2.75, 3.05) is 0 Å². The molecule has 3 aromatic carbocycles. The van der Waals surface area contributed by atoms with Crippen molar-refractivity contribution in [3.05, 3.63) is 70.7 Å². The highest BCUT2D eigenvalue weighted by atomic mass is 79.9. The SMILES string of the molecule is Cc1cccc(O[C@H](C)C(=O)Oc2ccc3cc(Br)ccc3c2)c1. The molecule has 0 aliphatic rings. The van der Waals surface area contributed by atoms with Crippen LogP contribution in [0.4, 0.5) is 0 Å². The van der Waals surface area contributed by atoms with E-state index in [0.29, 0.717) is 11.5 Å². The van der Waals surface area contributed by atoms with Gasteiger partial charge in [0, 0.05) is 4.47 Å². The first-order valence-electron chi connectivity index (χ1n) is 7.65. The summed E-state index contributed by atoms with van der Waals surface area (Å²) < 4.78 is 12.1. The third-order valence-electron chi connectivity index (χ3n) is 3.63. The van der Waals surface area contributed by atoms with Gasteiger partial charge in [0.1, 0.15) is 11.5 Å². The van der Waals surface area contributed by atoms with Gasteiger partial charge in [0.25, 0.3) is 0 Å². The molecule has 4 heteroatoms. The number of carbonyl (C=O) groups excluding carboxylic acids is 1. The molecule has 0 spiro atoms. The third-order valence-corrected chi connectivity index (χ3v) is 4.12. The highest BCUT2D eigenvalue weighted by Gasteiger charge is 2.17. The summed E-state index contributed by atoms with van der Waals surface area (Å²) in [6.07, 6.45) is -0.688. The Hall–Kier alpha value is -2.33. The fourth-order valence-electron chi connectivity index (χ4n) is 2.40. The lowest BCUT2D eigenvalue weighted by Crippen LogP contribution is -2.28. The fourth-order valence-corrected chi connectivity index (χ4v) is 2.78. The molecule has 1 atom stereocenters. The zero-order chi connectivity index (χ0) is 17.1. The van der Waals surface area contributed by atoms with Gasteiger partial charge in [-0.15, -0.1) is 0 Å². The molecule has 0 saturated heterocycles. The Balaban J connectivity index is 1.70. The molecule has 24 heavy (non-hydrogen) atoms. The van der Waals surface area contributed by atoms with Crippen LogP contribution < -0.4 is 9.47 Å². The largest absolute Gasteiger partial charge is 0.479 e. The quantitative estimate of drug-likeness (QED) is 0.453. The second kappa shape index (κ2) is 7.05. The van der Waals surface area contributed by atoms with Crippen LogP contribution in [-0.4, -0.2) is 12.1 Å². The minimum atomic E-state index is -0.688. The molecule has 0 bridgehead atoms. The van der Waals surface area contributed by atoms with E-state index in [2.05, 4.69) is 15.9 Å². The van der Waals surface area contributed by atoms with Crippen LogP contribution in [0.2, 0.25) is 0 Å². The summed E-state index contributed by atoms with van der Waals surface area (Å²) in [5.74, 6) is 0.741. The molecule has 3 aromatic rings. The van der Waals surface area contributed by atoms with Crippen LogP contribution in [0.5, 0.6) is 11.5 Å². The molecule has 0 unspecified atom stereocenters. The van der Waals surface area contributed by atoms with E-state index in [-0.39, 0.29) is 0 Å². The number of benzene rings is 3. The smallest absolute Gasteiger partial charge is 0.352 e. The lowest BCUT2D eigenvalue weighted by Gasteiger charge is -2.14. The second-order valence-corrected chi connectivity index (χ2v) is 6.57. The van der Waals surface area contributed by atoms with Crippen molar-refractivity contribution in [2.24, 2.45) is 0 Å². The molecule has 0 aliphatic carbocycles. The van der Waals surface area contributed by atoms with Gasteiger partial charge in [0.15, 0.2) is 6.10 Å². The van der Waals surface area contributed by atoms with E-state index in [4.69, 9.17) is 9.47 Å². The number of esters is 1. The molecular formula is C20H17BrO3. The molecule has 0 aliphatic heterocycles. The van der Waals surface area contributed by atoms with Crippen molar-refractivity contribution in [1.82, 2.24) is 0 Å². The fraction of sp³-hybridized carbons (Fsp3) is 0.150. The van der Waals surface area contributed by atoms with Crippen molar-refractivity contribution in [3.8, 4) is 11.5 Å². The minimum Gasteiger partial charge on any atom is -0.479 e. The van der Waals surface area contributed by atoms with E-state index in [1.54, 1.807) is 13.0 Å². The molecule has 0 fully saturated rings. The van der Waals surface area contributed by atoms with E-state index in [9.17, 15) is 4.79 Å². The number of hydrogen-bond donors (Lipinski definition) is 0. The first-order chi connectivity index (χ1) is 11.5. The topological polar surface area (TPSA) is 35.5 Å². The maximum absolute atomic E-state index is 12.2. The third kappa shape index (κ3) is 3.95. The van der Waals surface area contributed by atoms with Crippen molar-refractivity contribution in [3.63, 3.8) is 0 Å². The zero-order valence-corrected chi connectivity index (χ0v) is 15.0. The second-order valence-electron chi connectivity index (χ2n) is 5.65. The lowest BCUT2D eigenvalue weighted by atomic mass is 10.1. The summed E-state index contributed by atoms with van der Waals surface area (Å²) in [6.45, 7) is 3.66. The average molecular weight is 385 g/mol. The number of aryl methyl sites for hydroxylation is 1. The van der Waals surface area contributed by atoms with Crippen molar-refractivity contribution in [2.45, 2.75) is 20.0 Å². The van der Waals surface area contributed by atoms with Crippen LogP contribution in [0.1, 0.15) is 12.5 Å². The first-order valence-corrected chi connectivity index (χ1v) is 8.45. The van der Waals surface area contributed by atoms with E-state index in [0.717, 1.165) is 20.8 Å². The summed E-state index contributed by atoms with van der Waals surface area (Å²) in [6, 6.07) is 19.1. The Kier molecular flexibility index (Phi) is 4.86. The van der Waals surface area contributed by atoms with Crippen LogP contribution in [0, 0.1) is 6.92 Å². The number of rotatable bonds is 4. The summed E-state index contributed by atoms with van der Waals surface area (Å²) >= 11 is 3.44. The number of carbonyl (C=O) groups is 1. The Bertz CT molecular complexity index is 889. The van der Waals surface area contributed by atoms with Crippen molar-refractivity contribution < 1.29 is 14.3 Å². The monoisotopic (exact) mass is 384 g/mol. The maximum atomic E-state index is 12.2. The normalized spacial score (nSPS) is 12.0. The molecule has 3 rings (SSSR count). The van der Waals surface area contributed by atoms with Gasteiger partial charge < -0.3 is 9.47 Å². The summed E-state index contributed by atoms with van der Waals surface area (Å²) in [5, 5.41) is 2.09. The van der Waals surface area contributed by atoms with E-state index in [1.165, 1.54) is 0 Å².